The number of fused-ring (bicyclic) bond motifs is 2. The monoisotopic (exact) mass is 328 g/mol. The van der Waals surface area contributed by atoms with E-state index in [1.807, 2.05) is 0 Å². The van der Waals surface area contributed by atoms with Gasteiger partial charge in [-0.25, -0.2) is 0 Å². The van der Waals surface area contributed by atoms with Crippen molar-refractivity contribution in [3.05, 3.63) is 25.5 Å². The van der Waals surface area contributed by atoms with Crippen molar-refractivity contribution in [1.82, 2.24) is 9.78 Å². The molecular weight excluding hydrogens is 312 g/mol. The van der Waals surface area contributed by atoms with Crippen molar-refractivity contribution < 1.29 is 10.0 Å². The maximum atomic E-state index is 12.2. The molecule has 0 amide bonds. The van der Waals surface area contributed by atoms with E-state index >= 15 is 0 Å². The highest BCUT2D eigenvalue weighted by Crippen LogP contribution is 2.49. The molecule has 0 unspecified atom stereocenters. The number of rotatable bonds is 4. The predicted molar refractivity (Wildman–Crippen MR) is 80.0 cm³/mol. The summed E-state index contributed by atoms with van der Waals surface area (Å²) in [5.41, 5.74) is -0.503. The van der Waals surface area contributed by atoms with E-state index < -0.39 is 16.3 Å². The summed E-state index contributed by atoms with van der Waals surface area (Å²) >= 11 is 6.01. The summed E-state index contributed by atoms with van der Waals surface area (Å²) in [5.74, 6) is 0.295. The van der Waals surface area contributed by atoms with Crippen LogP contribution in [-0.2, 0) is 7.05 Å². The molecule has 9 heteroatoms. The van der Waals surface area contributed by atoms with Gasteiger partial charge < -0.3 is 20.5 Å². The Morgan fingerprint density at radius 3 is 2.82 bits per heavy atom. The van der Waals surface area contributed by atoms with Gasteiger partial charge in [-0.05, 0) is 36.0 Å². The lowest BCUT2D eigenvalue weighted by molar-refractivity contribution is -0.390. The molecule has 1 heterocycles. The van der Waals surface area contributed by atoms with E-state index in [-0.39, 0.29) is 29.3 Å². The number of hydrogen-bond acceptors (Lipinski definition) is 6. The average molecular weight is 329 g/mol. The Hall–Kier alpha value is -1.67. The van der Waals surface area contributed by atoms with Crippen LogP contribution in [0.3, 0.4) is 0 Å². The van der Waals surface area contributed by atoms with Gasteiger partial charge in [0.15, 0.2) is 5.02 Å². The lowest BCUT2D eigenvalue weighted by atomic mass is 9.85. The third-order valence-corrected chi connectivity index (χ3v) is 5.31. The van der Waals surface area contributed by atoms with Crippen LogP contribution < -0.4 is 10.9 Å². The number of aliphatic hydroxyl groups is 1. The van der Waals surface area contributed by atoms with Crippen LogP contribution in [-0.4, -0.2) is 32.5 Å². The minimum atomic E-state index is -0.711. The third-order valence-electron chi connectivity index (χ3n) is 4.95. The molecule has 0 aliphatic heterocycles. The van der Waals surface area contributed by atoms with Crippen molar-refractivity contribution in [3.8, 4) is 0 Å². The Labute approximate surface area is 131 Å². The highest BCUT2D eigenvalue weighted by Gasteiger charge is 2.47. The molecular formula is C13H17ClN4O4. The zero-order valence-electron chi connectivity index (χ0n) is 12.0. The lowest BCUT2D eigenvalue weighted by Gasteiger charge is -2.31. The van der Waals surface area contributed by atoms with Gasteiger partial charge in [-0.15, -0.1) is 4.68 Å². The second kappa shape index (κ2) is 5.51. The number of nitrogens with one attached hydrogen (secondary N) is 1. The average Bonchev–Trinajstić information content (AvgIpc) is 3.07. The molecule has 1 aromatic heterocycles. The van der Waals surface area contributed by atoms with Crippen LogP contribution in [0.4, 0.5) is 11.5 Å². The number of aromatic nitrogens is 2. The molecule has 2 aliphatic carbocycles. The summed E-state index contributed by atoms with van der Waals surface area (Å²) in [6.07, 6.45) is 3.12. The summed E-state index contributed by atoms with van der Waals surface area (Å²) in [6, 6.07) is -0.0871. The minimum absolute atomic E-state index is 0.00173. The molecule has 22 heavy (non-hydrogen) atoms. The van der Waals surface area contributed by atoms with Crippen molar-refractivity contribution in [1.29, 1.82) is 0 Å². The van der Waals surface area contributed by atoms with Gasteiger partial charge in [0.1, 0.15) is 5.69 Å². The molecule has 2 bridgehead atoms. The Morgan fingerprint density at radius 1 is 1.50 bits per heavy atom. The first kappa shape index (κ1) is 15.2. The fraction of sp³-hybridized carbons (Fsp3) is 0.692. The van der Waals surface area contributed by atoms with Crippen molar-refractivity contribution >= 4 is 23.1 Å². The number of aliphatic hydroxyl groups excluding tert-OH is 1. The van der Waals surface area contributed by atoms with Crippen LogP contribution in [0, 0.1) is 27.9 Å². The number of aryl methyl sites for hydroxylation is 1. The molecule has 2 N–H and O–H groups in total. The predicted octanol–water partition coefficient (Wildman–Crippen LogP) is 1.16. The number of hydrogen-bond donors (Lipinski definition) is 2. The van der Waals surface area contributed by atoms with Gasteiger partial charge in [0.25, 0.3) is 0 Å². The molecule has 3 rings (SSSR count). The molecule has 1 aromatic rings. The highest BCUT2D eigenvalue weighted by molar-refractivity contribution is 6.34. The maximum Gasteiger partial charge on any atom is 0.409 e. The first-order valence-electron chi connectivity index (χ1n) is 7.22. The van der Waals surface area contributed by atoms with Gasteiger partial charge in [0, 0.05) is 18.6 Å². The smallest absolute Gasteiger partial charge is 0.396 e. The Morgan fingerprint density at radius 2 is 2.18 bits per heavy atom. The Balaban J connectivity index is 1.99. The second-order valence-electron chi connectivity index (χ2n) is 6.05. The first-order chi connectivity index (χ1) is 10.4. The quantitative estimate of drug-likeness (QED) is 0.634. The minimum Gasteiger partial charge on any atom is -0.396 e. The van der Waals surface area contributed by atoms with Gasteiger partial charge in [0.2, 0.25) is 0 Å². The van der Waals surface area contributed by atoms with E-state index in [9.17, 15) is 20.0 Å². The number of halogens is 1. The molecule has 0 radical (unpaired) electrons. The van der Waals surface area contributed by atoms with Crippen molar-refractivity contribution in [3.63, 3.8) is 0 Å². The maximum absolute atomic E-state index is 12.2. The molecule has 8 nitrogen and oxygen atoms in total. The molecule has 120 valence electrons. The molecule has 4 atom stereocenters. The van der Waals surface area contributed by atoms with E-state index in [1.54, 1.807) is 0 Å². The van der Waals surface area contributed by atoms with Gasteiger partial charge >= 0.3 is 11.4 Å². The standard InChI is InChI=1S/C13H17ClN4O4/c1-17-13(20)11(9(14)12(16-17)18(21)22)15-10-7-3-2-6(4-7)8(10)5-19/h6-8,10,15,19H,2-5H2,1H3/t6-,7+,8-,10+/m0/s1. The molecule has 0 spiro atoms. The van der Waals surface area contributed by atoms with E-state index in [0.29, 0.717) is 11.8 Å². The second-order valence-corrected chi connectivity index (χ2v) is 6.43. The van der Waals surface area contributed by atoms with Crippen molar-refractivity contribution in [2.45, 2.75) is 25.3 Å². The van der Waals surface area contributed by atoms with Gasteiger partial charge in [-0.2, -0.15) is 0 Å². The van der Waals surface area contributed by atoms with Crippen LogP contribution in [0.2, 0.25) is 5.02 Å². The molecule has 0 saturated heterocycles. The largest absolute Gasteiger partial charge is 0.409 e. The zero-order chi connectivity index (χ0) is 16.0. The lowest BCUT2D eigenvalue weighted by Crippen LogP contribution is -2.39. The van der Waals surface area contributed by atoms with Gasteiger partial charge in [-0.1, -0.05) is 11.6 Å². The highest BCUT2D eigenvalue weighted by atomic mass is 35.5. The van der Waals surface area contributed by atoms with Crippen LogP contribution in [0.1, 0.15) is 19.3 Å². The number of nitro groups is 1. The summed E-state index contributed by atoms with van der Waals surface area (Å²) in [6.45, 7) is 0.0317. The van der Waals surface area contributed by atoms with E-state index in [4.69, 9.17) is 11.6 Å². The fourth-order valence-corrected chi connectivity index (χ4v) is 4.15. The van der Waals surface area contributed by atoms with E-state index in [2.05, 4.69) is 10.4 Å². The van der Waals surface area contributed by atoms with Gasteiger partial charge in [-0.3, -0.25) is 4.79 Å². The number of nitrogens with zero attached hydrogens (tertiary/aromatic N) is 3. The third kappa shape index (κ3) is 2.26. The van der Waals surface area contributed by atoms with Gasteiger partial charge in [0.05, 0.1) is 12.1 Å². The van der Waals surface area contributed by atoms with E-state index in [1.165, 1.54) is 7.05 Å². The fourth-order valence-electron chi connectivity index (χ4n) is 3.91. The number of anilines is 1. The Bertz CT molecular complexity index is 677. The van der Waals surface area contributed by atoms with Crippen LogP contribution >= 0.6 is 11.6 Å². The Kier molecular flexibility index (Phi) is 3.82. The summed E-state index contributed by atoms with van der Waals surface area (Å²) in [7, 11) is 1.35. The molecule has 2 saturated carbocycles. The molecule has 2 fully saturated rings. The van der Waals surface area contributed by atoms with Crippen LogP contribution in [0.25, 0.3) is 0 Å². The zero-order valence-corrected chi connectivity index (χ0v) is 12.8. The summed E-state index contributed by atoms with van der Waals surface area (Å²) < 4.78 is 0.910. The van der Waals surface area contributed by atoms with Crippen LogP contribution in [0.15, 0.2) is 4.79 Å². The summed E-state index contributed by atoms with van der Waals surface area (Å²) in [4.78, 5) is 22.5. The van der Waals surface area contributed by atoms with E-state index in [0.717, 1.165) is 23.9 Å². The van der Waals surface area contributed by atoms with Crippen LogP contribution in [0.5, 0.6) is 0 Å². The van der Waals surface area contributed by atoms with Crippen molar-refractivity contribution in [2.24, 2.45) is 24.8 Å². The molecule has 2 aliphatic rings. The van der Waals surface area contributed by atoms with Crippen molar-refractivity contribution in [2.75, 3.05) is 11.9 Å². The molecule has 0 aromatic carbocycles. The topological polar surface area (TPSA) is 110 Å². The SMILES string of the molecule is Cn1nc([N+](=O)[O-])c(Cl)c(N[C@@H]2[C@@H]3CC[C@@H](C3)[C@@H]2CO)c1=O. The normalized spacial score (nSPS) is 29.8. The summed E-state index contributed by atoms with van der Waals surface area (Å²) in [5, 5.41) is 27.0. The first-order valence-corrected chi connectivity index (χ1v) is 7.60.